The molecule has 2 N–H and O–H groups in total. The van der Waals surface area contributed by atoms with Gasteiger partial charge in [-0.25, -0.2) is 4.98 Å². The second kappa shape index (κ2) is 4.00. The zero-order chi connectivity index (χ0) is 9.97. The van der Waals surface area contributed by atoms with E-state index in [-0.39, 0.29) is 0 Å². The van der Waals surface area contributed by atoms with Gasteiger partial charge in [-0.2, -0.15) is 0 Å². The van der Waals surface area contributed by atoms with Gasteiger partial charge in [0.1, 0.15) is 0 Å². The maximum atomic E-state index is 4.34. The van der Waals surface area contributed by atoms with Crippen molar-refractivity contribution in [3.63, 3.8) is 0 Å². The number of piperidine rings is 1. The van der Waals surface area contributed by atoms with Gasteiger partial charge in [-0.15, -0.1) is 0 Å². The third-order valence-electron chi connectivity index (χ3n) is 2.88. The summed E-state index contributed by atoms with van der Waals surface area (Å²) in [6, 6.07) is 0.627. The van der Waals surface area contributed by atoms with E-state index >= 15 is 0 Å². The second-order valence-corrected chi connectivity index (χ2v) is 3.98. The number of anilines is 1. The van der Waals surface area contributed by atoms with E-state index in [9.17, 15) is 0 Å². The average molecular weight is 194 g/mol. The van der Waals surface area contributed by atoms with Crippen molar-refractivity contribution >= 4 is 5.95 Å². The van der Waals surface area contributed by atoms with Crippen LogP contribution in [0, 0.1) is 6.92 Å². The molecule has 1 saturated heterocycles. The molecular weight excluding hydrogens is 176 g/mol. The summed E-state index contributed by atoms with van der Waals surface area (Å²) in [7, 11) is 2.12. The summed E-state index contributed by atoms with van der Waals surface area (Å²) in [5.74, 6) is 0.995. The van der Waals surface area contributed by atoms with E-state index in [1.165, 1.54) is 12.8 Å². The maximum Gasteiger partial charge on any atom is 0.202 e. The Kier molecular flexibility index (Phi) is 2.72. The molecule has 0 spiro atoms. The fraction of sp³-hybridized carbons (Fsp3) is 0.700. The van der Waals surface area contributed by atoms with E-state index in [2.05, 4.69) is 27.2 Å². The van der Waals surface area contributed by atoms with Crippen LogP contribution >= 0.6 is 0 Å². The predicted octanol–water partition coefficient (Wildman–Crippen LogP) is 0.906. The summed E-state index contributed by atoms with van der Waals surface area (Å²) < 4.78 is 0. The lowest BCUT2D eigenvalue weighted by Crippen LogP contribution is -2.41. The number of aromatic nitrogens is 2. The molecule has 0 saturated carbocycles. The molecule has 1 aromatic rings. The Balaban J connectivity index is 2.03. The summed E-state index contributed by atoms with van der Waals surface area (Å²) in [6.45, 7) is 4.27. The minimum Gasteiger partial charge on any atom is -0.342 e. The van der Waals surface area contributed by atoms with Crippen LogP contribution in [0.25, 0.3) is 0 Å². The van der Waals surface area contributed by atoms with Crippen LogP contribution in [0.15, 0.2) is 6.20 Å². The Hall–Kier alpha value is -1.03. The van der Waals surface area contributed by atoms with Crippen LogP contribution in [0.2, 0.25) is 0 Å². The van der Waals surface area contributed by atoms with E-state index in [1.54, 1.807) is 0 Å². The molecule has 1 aromatic heterocycles. The van der Waals surface area contributed by atoms with Crippen LogP contribution in [0.3, 0.4) is 0 Å². The summed E-state index contributed by atoms with van der Waals surface area (Å²) >= 11 is 0. The van der Waals surface area contributed by atoms with Crippen molar-refractivity contribution < 1.29 is 0 Å². The molecule has 0 aliphatic carbocycles. The zero-order valence-corrected chi connectivity index (χ0v) is 8.88. The highest BCUT2D eigenvalue weighted by molar-refractivity contribution is 5.31. The SMILES string of the molecule is Cc1cnc(N(C)C2CCNCC2)[nH]1. The van der Waals surface area contributed by atoms with E-state index in [4.69, 9.17) is 0 Å². The second-order valence-electron chi connectivity index (χ2n) is 3.98. The Morgan fingerprint density at radius 1 is 1.43 bits per heavy atom. The Morgan fingerprint density at radius 2 is 2.14 bits per heavy atom. The fourth-order valence-electron chi connectivity index (χ4n) is 1.95. The molecule has 0 amide bonds. The molecule has 0 atom stereocenters. The largest absolute Gasteiger partial charge is 0.342 e. The Bertz CT molecular complexity index is 288. The van der Waals surface area contributed by atoms with Gasteiger partial charge in [-0.1, -0.05) is 0 Å². The fourth-order valence-corrected chi connectivity index (χ4v) is 1.95. The Labute approximate surface area is 84.7 Å². The van der Waals surface area contributed by atoms with Crippen LogP contribution in [-0.4, -0.2) is 36.1 Å². The summed E-state index contributed by atoms with van der Waals surface area (Å²) in [5.41, 5.74) is 1.13. The molecule has 2 rings (SSSR count). The molecule has 4 heteroatoms. The highest BCUT2D eigenvalue weighted by Crippen LogP contribution is 2.16. The van der Waals surface area contributed by atoms with Gasteiger partial charge in [0.25, 0.3) is 0 Å². The van der Waals surface area contributed by atoms with Crippen molar-refractivity contribution in [1.82, 2.24) is 15.3 Å². The van der Waals surface area contributed by atoms with Gasteiger partial charge in [-0.05, 0) is 32.9 Å². The third-order valence-corrected chi connectivity index (χ3v) is 2.88. The minimum absolute atomic E-state index is 0.627. The highest BCUT2D eigenvalue weighted by atomic mass is 15.3. The molecule has 0 unspecified atom stereocenters. The van der Waals surface area contributed by atoms with Gasteiger partial charge in [-0.3, -0.25) is 0 Å². The molecular formula is C10H18N4. The molecule has 1 aliphatic rings. The molecule has 0 aromatic carbocycles. The van der Waals surface area contributed by atoms with Crippen LogP contribution < -0.4 is 10.2 Å². The van der Waals surface area contributed by atoms with E-state index in [1.807, 2.05) is 13.1 Å². The molecule has 1 fully saturated rings. The van der Waals surface area contributed by atoms with Crippen molar-refractivity contribution in [1.29, 1.82) is 0 Å². The lowest BCUT2D eigenvalue weighted by atomic mass is 10.1. The molecule has 78 valence electrons. The van der Waals surface area contributed by atoms with Gasteiger partial charge >= 0.3 is 0 Å². The standard InChI is InChI=1S/C10H18N4/c1-8-7-12-10(13-8)14(2)9-3-5-11-6-4-9/h7,9,11H,3-6H2,1-2H3,(H,12,13). The number of hydrogen-bond donors (Lipinski definition) is 2. The molecule has 0 bridgehead atoms. The number of nitrogens with zero attached hydrogens (tertiary/aromatic N) is 2. The topological polar surface area (TPSA) is 44.0 Å². The van der Waals surface area contributed by atoms with Crippen molar-refractivity contribution in [2.45, 2.75) is 25.8 Å². The quantitative estimate of drug-likeness (QED) is 0.735. The van der Waals surface area contributed by atoms with E-state index in [0.717, 1.165) is 24.7 Å². The highest BCUT2D eigenvalue weighted by Gasteiger charge is 2.19. The smallest absolute Gasteiger partial charge is 0.202 e. The van der Waals surface area contributed by atoms with Crippen molar-refractivity contribution in [2.75, 3.05) is 25.0 Å². The summed E-state index contributed by atoms with van der Waals surface area (Å²) in [5, 5.41) is 3.37. The minimum atomic E-state index is 0.627. The normalized spacial score (nSPS) is 18.4. The molecule has 0 radical (unpaired) electrons. The number of aryl methyl sites for hydroxylation is 1. The lowest BCUT2D eigenvalue weighted by molar-refractivity contribution is 0.440. The number of nitrogens with one attached hydrogen (secondary N) is 2. The number of H-pyrrole nitrogens is 1. The maximum absolute atomic E-state index is 4.34. The molecule has 1 aliphatic heterocycles. The van der Waals surface area contributed by atoms with Crippen LogP contribution in [0.5, 0.6) is 0 Å². The number of imidazole rings is 1. The first kappa shape index (κ1) is 9.52. The van der Waals surface area contributed by atoms with Crippen molar-refractivity contribution in [3.8, 4) is 0 Å². The first-order chi connectivity index (χ1) is 6.77. The van der Waals surface area contributed by atoms with Gasteiger partial charge in [0, 0.05) is 25.0 Å². The zero-order valence-electron chi connectivity index (χ0n) is 8.88. The first-order valence-electron chi connectivity index (χ1n) is 5.22. The Morgan fingerprint density at radius 3 is 2.71 bits per heavy atom. The predicted molar refractivity (Wildman–Crippen MR) is 57.6 cm³/mol. The third kappa shape index (κ3) is 1.90. The molecule has 14 heavy (non-hydrogen) atoms. The van der Waals surface area contributed by atoms with Gasteiger partial charge in [0.15, 0.2) is 0 Å². The number of rotatable bonds is 2. The first-order valence-corrected chi connectivity index (χ1v) is 5.22. The van der Waals surface area contributed by atoms with Crippen LogP contribution in [-0.2, 0) is 0 Å². The van der Waals surface area contributed by atoms with Crippen molar-refractivity contribution in [3.05, 3.63) is 11.9 Å². The van der Waals surface area contributed by atoms with Crippen molar-refractivity contribution in [2.24, 2.45) is 0 Å². The lowest BCUT2D eigenvalue weighted by Gasteiger charge is -2.31. The van der Waals surface area contributed by atoms with Gasteiger partial charge in [0.05, 0.1) is 0 Å². The average Bonchev–Trinajstić information content (AvgIpc) is 2.65. The van der Waals surface area contributed by atoms with Crippen LogP contribution in [0.4, 0.5) is 5.95 Å². The van der Waals surface area contributed by atoms with E-state index < -0.39 is 0 Å². The monoisotopic (exact) mass is 194 g/mol. The summed E-state index contributed by atoms with van der Waals surface area (Å²) in [4.78, 5) is 9.87. The summed E-state index contributed by atoms with van der Waals surface area (Å²) in [6.07, 6.45) is 4.29. The van der Waals surface area contributed by atoms with E-state index in [0.29, 0.717) is 6.04 Å². The van der Waals surface area contributed by atoms with Gasteiger partial charge < -0.3 is 15.2 Å². The number of aromatic amines is 1. The van der Waals surface area contributed by atoms with Crippen LogP contribution in [0.1, 0.15) is 18.5 Å². The van der Waals surface area contributed by atoms with Gasteiger partial charge in [0.2, 0.25) is 5.95 Å². The molecule has 2 heterocycles. The molecule has 4 nitrogen and oxygen atoms in total. The number of hydrogen-bond acceptors (Lipinski definition) is 3.